The molecule has 6 nitrogen and oxygen atoms in total. The second-order valence-electron chi connectivity index (χ2n) is 5.74. The van der Waals surface area contributed by atoms with Gasteiger partial charge in [-0.3, -0.25) is 14.5 Å². The molecule has 1 N–H and O–H groups in total. The number of thioether (sulfide) groups is 1. The molecular formula is C16H20F2N2O4S. The third kappa shape index (κ3) is 6.26. The van der Waals surface area contributed by atoms with Gasteiger partial charge in [0.2, 0.25) is 0 Å². The van der Waals surface area contributed by atoms with Gasteiger partial charge in [0.1, 0.15) is 0 Å². The fraction of sp³-hybridized carbons (Fsp3) is 0.500. The van der Waals surface area contributed by atoms with Crippen molar-refractivity contribution in [2.24, 2.45) is 0 Å². The van der Waals surface area contributed by atoms with Crippen LogP contribution in [0.1, 0.15) is 10.4 Å². The lowest BCUT2D eigenvalue weighted by atomic mass is 10.1. The van der Waals surface area contributed by atoms with Gasteiger partial charge in [0.25, 0.3) is 11.7 Å². The normalized spacial score (nSPS) is 18.0. The zero-order valence-electron chi connectivity index (χ0n) is 13.7. The quantitative estimate of drug-likeness (QED) is 0.735. The van der Waals surface area contributed by atoms with Crippen LogP contribution in [0.2, 0.25) is 0 Å². The van der Waals surface area contributed by atoms with E-state index in [9.17, 15) is 18.4 Å². The number of alkyl halides is 2. The van der Waals surface area contributed by atoms with Gasteiger partial charge in [0, 0.05) is 30.1 Å². The molecule has 0 aliphatic carbocycles. The lowest BCUT2D eigenvalue weighted by Gasteiger charge is -2.34. The standard InChI is InChI=1S/C16H20F2N2O4S/c1-19(10-14(21)22)8-12-9-20(6-7-24-12)15(23)11-2-4-13(5-3-11)25-16(17)18/h2-5,12,16H,6-10H2,1H3,(H,21,22). The second kappa shape index (κ2) is 9.12. The minimum Gasteiger partial charge on any atom is -0.480 e. The molecule has 1 aliphatic rings. The number of hydrogen-bond acceptors (Lipinski definition) is 5. The van der Waals surface area contributed by atoms with Crippen LogP contribution in [0.5, 0.6) is 0 Å². The monoisotopic (exact) mass is 374 g/mol. The first-order chi connectivity index (χ1) is 11.8. The van der Waals surface area contributed by atoms with E-state index < -0.39 is 11.7 Å². The number of halogens is 2. The summed E-state index contributed by atoms with van der Waals surface area (Å²) >= 11 is 0.435. The van der Waals surface area contributed by atoms with E-state index in [0.717, 1.165) is 0 Å². The number of amides is 1. The van der Waals surface area contributed by atoms with Crippen molar-refractivity contribution in [1.82, 2.24) is 9.80 Å². The number of aliphatic carboxylic acids is 1. The van der Waals surface area contributed by atoms with Gasteiger partial charge in [0.15, 0.2) is 0 Å². The zero-order valence-corrected chi connectivity index (χ0v) is 14.5. The summed E-state index contributed by atoms with van der Waals surface area (Å²) in [5, 5.41) is 8.78. The molecule has 1 aromatic carbocycles. The molecule has 0 saturated carbocycles. The summed E-state index contributed by atoms with van der Waals surface area (Å²) in [5.74, 6) is -3.61. The zero-order chi connectivity index (χ0) is 18.4. The number of ether oxygens (including phenoxy) is 1. The Morgan fingerprint density at radius 1 is 1.40 bits per heavy atom. The van der Waals surface area contributed by atoms with E-state index in [-0.39, 0.29) is 18.6 Å². The third-order valence-electron chi connectivity index (χ3n) is 3.67. The maximum atomic E-state index is 12.6. The molecule has 1 saturated heterocycles. The van der Waals surface area contributed by atoms with Gasteiger partial charge in [-0.05, 0) is 31.3 Å². The Morgan fingerprint density at radius 2 is 2.08 bits per heavy atom. The van der Waals surface area contributed by atoms with Crippen molar-refractivity contribution in [2.45, 2.75) is 16.8 Å². The third-order valence-corrected chi connectivity index (χ3v) is 4.40. The molecule has 1 unspecified atom stereocenters. The van der Waals surface area contributed by atoms with Crippen LogP contribution in [0.15, 0.2) is 29.2 Å². The van der Waals surface area contributed by atoms with Gasteiger partial charge < -0.3 is 14.7 Å². The molecule has 1 heterocycles. The average Bonchev–Trinajstić information content (AvgIpc) is 2.53. The number of benzene rings is 1. The predicted octanol–water partition coefficient (Wildman–Crippen LogP) is 1.86. The molecule has 2 rings (SSSR count). The number of carboxylic acid groups (broad SMARTS) is 1. The van der Waals surface area contributed by atoms with E-state index in [2.05, 4.69) is 0 Å². The maximum Gasteiger partial charge on any atom is 0.317 e. The molecule has 1 atom stereocenters. The van der Waals surface area contributed by atoms with Crippen LogP contribution >= 0.6 is 11.8 Å². The number of morpholine rings is 1. The van der Waals surface area contributed by atoms with Crippen molar-refractivity contribution in [3.63, 3.8) is 0 Å². The van der Waals surface area contributed by atoms with Crippen LogP contribution in [-0.2, 0) is 9.53 Å². The lowest BCUT2D eigenvalue weighted by Crippen LogP contribution is -2.49. The van der Waals surface area contributed by atoms with E-state index in [1.54, 1.807) is 16.8 Å². The molecule has 25 heavy (non-hydrogen) atoms. The highest BCUT2D eigenvalue weighted by Gasteiger charge is 2.26. The Hall–Kier alpha value is -1.71. The van der Waals surface area contributed by atoms with E-state index in [1.165, 1.54) is 24.3 Å². The summed E-state index contributed by atoms with van der Waals surface area (Å²) in [6.07, 6.45) is -0.268. The fourth-order valence-electron chi connectivity index (χ4n) is 2.62. The summed E-state index contributed by atoms with van der Waals surface area (Å²) < 4.78 is 30.3. The van der Waals surface area contributed by atoms with Crippen LogP contribution in [0.3, 0.4) is 0 Å². The highest BCUT2D eigenvalue weighted by atomic mass is 32.2. The predicted molar refractivity (Wildman–Crippen MR) is 89.1 cm³/mol. The molecule has 9 heteroatoms. The van der Waals surface area contributed by atoms with Crippen LogP contribution < -0.4 is 0 Å². The van der Waals surface area contributed by atoms with Gasteiger partial charge in [-0.15, -0.1) is 0 Å². The van der Waals surface area contributed by atoms with Crippen molar-refractivity contribution in [3.8, 4) is 0 Å². The lowest BCUT2D eigenvalue weighted by molar-refractivity contribution is -0.138. The molecule has 0 spiro atoms. The van der Waals surface area contributed by atoms with Crippen molar-refractivity contribution < 1.29 is 28.2 Å². The molecule has 138 valence electrons. The molecule has 0 aromatic heterocycles. The van der Waals surface area contributed by atoms with Gasteiger partial charge in [0.05, 0.1) is 19.3 Å². The van der Waals surface area contributed by atoms with Crippen LogP contribution in [0.25, 0.3) is 0 Å². The molecule has 1 fully saturated rings. The number of likely N-dealkylation sites (N-methyl/N-ethyl adjacent to an activating group) is 1. The molecule has 1 amide bonds. The topological polar surface area (TPSA) is 70.1 Å². The van der Waals surface area contributed by atoms with Crippen LogP contribution in [0, 0.1) is 0 Å². The number of carbonyl (C=O) groups excluding carboxylic acids is 1. The fourth-order valence-corrected chi connectivity index (χ4v) is 3.12. The number of carboxylic acids is 1. The Morgan fingerprint density at radius 3 is 2.68 bits per heavy atom. The summed E-state index contributed by atoms with van der Waals surface area (Å²) in [6.45, 7) is 1.47. The van der Waals surface area contributed by atoms with Gasteiger partial charge >= 0.3 is 5.97 Å². The minimum absolute atomic E-state index is 0.100. The number of carbonyl (C=O) groups is 2. The summed E-state index contributed by atoms with van der Waals surface area (Å²) in [5.41, 5.74) is 0.429. The second-order valence-corrected chi connectivity index (χ2v) is 6.80. The van der Waals surface area contributed by atoms with Crippen LogP contribution in [-0.4, -0.2) is 78.5 Å². The van der Waals surface area contributed by atoms with Gasteiger partial charge in [-0.1, -0.05) is 11.8 Å². The van der Waals surface area contributed by atoms with Gasteiger partial charge in [-0.25, -0.2) is 0 Å². The van der Waals surface area contributed by atoms with E-state index in [1.807, 2.05) is 0 Å². The SMILES string of the molecule is CN(CC(=O)O)CC1CN(C(=O)c2ccc(SC(F)F)cc2)CCO1. The number of hydrogen-bond donors (Lipinski definition) is 1. The Bertz CT molecular complexity index is 600. The smallest absolute Gasteiger partial charge is 0.317 e. The highest BCUT2D eigenvalue weighted by Crippen LogP contribution is 2.25. The molecule has 1 aromatic rings. The Balaban J connectivity index is 1.93. The number of nitrogens with zero attached hydrogens (tertiary/aromatic N) is 2. The number of rotatable bonds is 7. The molecule has 0 radical (unpaired) electrons. The van der Waals surface area contributed by atoms with E-state index in [0.29, 0.717) is 48.5 Å². The Labute approximate surface area is 148 Å². The largest absolute Gasteiger partial charge is 0.480 e. The van der Waals surface area contributed by atoms with Crippen LogP contribution in [0.4, 0.5) is 8.78 Å². The van der Waals surface area contributed by atoms with E-state index in [4.69, 9.17) is 9.84 Å². The van der Waals surface area contributed by atoms with E-state index >= 15 is 0 Å². The highest BCUT2D eigenvalue weighted by molar-refractivity contribution is 7.99. The van der Waals surface area contributed by atoms with Crippen molar-refractivity contribution >= 4 is 23.6 Å². The average molecular weight is 374 g/mol. The first kappa shape index (κ1) is 19.6. The molecule has 0 bridgehead atoms. The molecular weight excluding hydrogens is 354 g/mol. The minimum atomic E-state index is -2.50. The van der Waals surface area contributed by atoms with Crippen molar-refractivity contribution in [2.75, 3.05) is 39.8 Å². The summed E-state index contributed by atoms with van der Waals surface area (Å²) in [6, 6.07) is 6.08. The van der Waals surface area contributed by atoms with Crippen molar-refractivity contribution in [3.05, 3.63) is 29.8 Å². The Kier molecular flexibility index (Phi) is 7.15. The first-order valence-electron chi connectivity index (χ1n) is 7.71. The molecule has 1 aliphatic heterocycles. The maximum absolute atomic E-state index is 12.6. The summed E-state index contributed by atoms with van der Waals surface area (Å²) in [4.78, 5) is 26.9. The first-order valence-corrected chi connectivity index (χ1v) is 8.59. The van der Waals surface area contributed by atoms with Crippen molar-refractivity contribution in [1.29, 1.82) is 0 Å². The van der Waals surface area contributed by atoms with Gasteiger partial charge in [-0.2, -0.15) is 8.78 Å². The summed E-state index contributed by atoms with van der Waals surface area (Å²) in [7, 11) is 1.68.